The zero-order valence-electron chi connectivity index (χ0n) is 10.2. The molecule has 0 saturated carbocycles. The SMILES string of the molecule is CN(CCO)c1c(F)cc([N+](=O)[O-])c2cccnc12. The Morgan fingerprint density at radius 2 is 2.32 bits per heavy atom. The molecule has 0 radical (unpaired) electrons. The molecule has 1 heterocycles. The fourth-order valence-electron chi connectivity index (χ4n) is 1.96. The van der Waals surface area contributed by atoms with E-state index in [0.29, 0.717) is 0 Å². The Labute approximate surface area is 108 Å². The Morgan fingerprint density at radius 1 is 1.58 bits per heavy atom. The molecule has 0 spiro atoms. The van der Waals surface area contributed by atoms with Gasteiger partial charge in [0, 0.05) is 19.8 Å². The molecule has 19 heavy (non-hydrogen) atoms. The molecule has 0 aliphatic heterocycles. The summed E-state index contributed by atoms with van der Waals surface area (Å²) in [6, 6.07) is 3.96. The first-order valence-electron chi connectivity index (χ1n) is 5.60. The lowest BCUT2D eigenvalue weighted by Crippen LogP contribution is -2.23. The number of nitro groups is 1. The molecular formula is C12H12FN3O3. The molecule has 100 valence electrons. The number of likely N-dealkylation sites (N-methyl/N-ethyl adjacent to an activating group) is 1. The highest BCUT2D eigenvalue weighted by Crippen LogP contribution is 2.34. The van der Waals surface area contributed by atoms with E-state index in [2.05, 4.69) is 4.98 Å². The van der Waals surface area contributed by atoms with Gasteiger partial charge in [0.15, 0.2) is 5.82 Å². The number of benzene rings is 1. The van der Waals surface area contributed by atoms with Crippen LogP contribution in [-0.4, -0.2) is 35.2 Å². The molecule has 0 fully saturated rings. The lowest BCUT2D eigenvalue weighted by atomic mass is 10.1. The standard InChI is InChI=1S/C12H12FN3O3/c1-15(5-6-17)12-9(13)7-10(16(18)19)8-3-2-4-14-11(8)12/h2-4,7,17H,5-6H2,1H3. The van der Waals surface area contributed by atoms with Gasteiger partial charge >= 0.3 is 0 Å². The molecule has 0 unspecified atom stereocenters. The Bertz CT molecular complexity index is 633. The molecule has 0 aliphatic rings. The van der Waals surface area contributed by atoms with E-state index in [9.17, 15) is 14.5 Å². The molecule has 1 aromatic carbocycles. The van der Waals surface area contributed by atoms with Crippen molar-refractivity contribution in [3.05, 3.63) is 40.3 Å². The number of nitrogens with zero attached hydrogens (tertiary/aromatic N) is 3. The first-order chi connectivity index (χ1) is 9.06. The van der Waals surface area contributed by atoms with Gasteiger partial charge in [-0.25, -0.2) is 4.39 Å². The van der Waals surface area contributed by atoms with Crippen LogP contribution in [0.5, 0.6) is 0 Å². The van der Waals surface area contributed by atoms with Crippen molar-refractivity contribution in [3.63, 3.8) is 0 Å². The van der Waals surface area contributed by atoms with Crippen molar-refractivity contribution in [1.29, 1.82) is 0 Å². The minimum Gasteiger partial charge on any atom is -0.395 e. The van der Waals surface area contributed by atoms with Crippen molar-refractivity contribution in [2.45, 2.75) is 0 Å². The number of aromatic nitrogens is 1. The van der Waals surface area contributed by atoms with E-state index < -0.39 is 10.7 Å². The van der Waals surface area contributed by atoms with Crippen LogP contribution in [0.25, 0.3) is 10.9 Å². The smallest absolute Gasteiger partial charge is 0.281 e. The van der Waals surface area contributed by atoms with Crippen molar-refractivity contribution >= 4 is 22.3 Å². The van der Waals surface area contributed by atoms with Crippen molar-refractivity contribution in [2.75, 3.05) is 25.1 Å². The number of nitro benzene ring substituents is 1. The highest BCUT2D eigenvalue weighted by Gasteiger charge is 2.21. The van der Waals surface area contributed by atoms with Crippen LogP contribution in [0.2, 0.25) is 0 Å². The Kier molecular flexibility index (Phi) is 3.57. The summed E-state index contributed by atoms with van der Waals surface area (Å²) in [4.78, 5) is 15.8. The molecule has 0 bridgehead atoms. The minimum atomic E-state index is -0.728. The fraction of sp³-hybridized carbons (Fsp3) is 0.250. The Hall–Kier alpha value is -2.28. The van der Waals surface area contributed by atoms with E-state index in [1.54, 1.807) is 13.1 Å². The molecule has 0 atom stereocenters. The van der Waals surface area contributed by atoms with Crippen LogP contribution in [0.1, 0.15) is 0 Å². The van der Waals surface area contributed by atoms with Crippen molar-refractivity contribution < 1.29 is 14.4 Å². The fourth-order valence-corrected chi connectivity index (χ4v) is 1.96. The predicted molar refractivity (Wildman–Crippen MR) is 68.7 cm³/mol. The third-order valence-corrected chi connectivity index (χ3v) is 2.81. The summed E-state index contributed by atoms with van der Waals surface area (Å²) in [6.07, 6.45) is 1.45. The summed E-state index contributed by atoms with van der Waals surface area (Å²) in [5.41, 5.74) is 0.0437. The monoisotopic (exact) mass is 265 g/mol. The number of hydrogen-bond acceptors (Lipinski definition) is 5. The van der Waals surface area contributed by atoms with Crippen LogP contribution in [0, 0.1) is 15.9 Å². The maximum absolute atomic E-state index is 14.0. The van der Waals surface area contributed by atoms with E-state index in [1.807, 2.05) is 0 Å². The second-order valence-corrected chi connectivity index (χ2v) is 4.03. The highest BCUT2D eigenvalue weighted by molar-refractivity contribution is 5.97. The largest absolute Gasteiger partial charge is 0.395 e. The van der Waals surface area contributed by atoms with E-state index in [-0.39, 0.29) is 35.4 Å². The van der Waals surface area contributed by atoms with Crippen LogP contribution in [-0.2, 0) is 0 Å². The summed E-state index contributed by atoms with van der Waals surface area (Å²) >= 11 is 0. The molecule has 2 aromatic rings. The molecule has 0 saturated heterocycles. The molecule has 0 aliphatic carbocycles. The topological polar surface area (TPSA) is 79.5 Å². The number of non-ortho nitro benzene ring substituents is 1. The Balaban J connectivity index is 2.75. The van der Waals surface area contributed by atoms with Gasteiger partial charge in [-0.15, -0.1) is 0 Å². The van der Waals surface area contributed by atoms with Crippen molar-refractivity contribution in [1.82, 2.24) is 4.98 Å². The van der Waals surface area contributed by atoms with Crippen LogP contribution >= 0.6 is 0 Å². The third kappa shape index (κ3) is 2.32. The zero-order valence-corrected chi connectivity index (χ0v) is 10.2. The van der Waals surface area contributed by atoms with Crippen LogP contribution in [0.3, 0.4) is 0 Å². The number of pyridine rings is 1. The minimum absolute atomic E-state index is 0.148. The van der Waals surface area contributed by atoms with E-state index in [0.717, 1.165) is 6.07 Å². The molecular weight excluding hydrogens is 253 g/mol. The maximum atomic E-state index is 14.0. The predicted octanol–water partition coefficient (Wildman–Crippen LogP) is 1.71. The number of aliphatic hydroxyl groups is 1. The second kappa shape index (κ2) is 5.15. The van der Waals surface area contributed by atoms with Gasteiger partial charge in [-0.1, -0.05) is 0 Å². The number of rotatable bonds is 4. The van der Waals surface area contributed by atoms with E-state index in [4.69, 9.17) is 5.11 Å². The van der Waals surface area contributed by atoms with Gasteiger partial charge in [-0.3, -0.25) is 15.1 Å². The number of halogens is 1. The average Bonchev–Trinajstić information content (AvgIpc) is 2.37. The van der Waals surface area contributed by atoms with Gasteiger partial charge in [0.1, 0.15) is 5.52 Å². The zero-order chi connectivity index (χ0) is 14.0. The van der Waals surface area contributed by atoms with Gasteiger partial charge in [0.2, 0.25) is 0 Å². The van der Waals surface area contributed by atoms with Gasteiger partial charge in [0.05, 0.1) is 28.7 Å². The van der Waals surface area contributed by atoms with Crippen LogP contribution in [0.15, 0.2) is 24.4 Å². The molecule has 1 N–H and O–H groups in total. The second-order valence-electron chi connectivity index (χ2n) is 4.03. The lowest BCUT2D eigenvalue weighted by molar-refractivity contribution is -0.383. The van der Waals surface area contributed by atoms with E-state index in [1.165, 1.54) is 17.2 Å². The summed E-state index contributed by atoms with van der Waals surface area (Å²) in [5.74, 6) is -0.728. The number of aliphatic hydroxyl groups excluding tert-OH is 1. The molecule has 7 heteroatoms. The van der Waals surface area contributed by atoms with Crippen LogP contribution in [0.4, 0.5) is 15.8 Å². The van der Waals surface area contributed by atoms with Crippen molar-refractivity contribution in [2.24, 2.45) is 0 Å². The quantitative estimate of drug-likeness (QED) is 0.672. The first kappa shape index (κ1) is 13.2. The van der Waals surface area contributed by atoms with Gasteiger partial charge in [-0.05, 0) is 12.1 Å². The summed E-state index contributed by atoms with van der Waals surface area (Å²) in [6.45, 7) is 0.0572. The third-order valence-electron chi connectivity index (χ3n) is 2.81. The number of anilines is 1. The summed E-state index contributed by atoms with van der Waals surface area (Å²) < 4.78 is 14.0. The first-order valence-corrected chi connectivity index (χ1v) is 5.60. The van der Waals surface area contributed by atoms with Crippen LogP contribution < -0.4 is 4.90 Å². The summed E-state index contributed by atoms with van der Waals surface area (Å²) in [7, 11) is 1.59. The molecule has 2 rings (SSSR count). The average molecular weight is 265 g/mol. The summed E-state index contributed by atoms with van der Waals surface area (Å²) in [5, 5.41) is 20.1. The highest BCUT2D eigenvalue weighted by atomic mass is 19.1. The van der Waals surface area contributed by atoms with Gasteiger partial charge in [-0.2, -0.15) is 0 Å². The molecule has 1 aromatic heterocycles. The Morgan fingerprint density at radius 3 is 2.95 bits per heavy atom. The normalized spacial score (nSPS) is 10.7. The molecule has 6 nitrogen and oxygen atoms in total. The van der Waals surface area contributed by atoms with E-state index >= 15 is 0 Å². The number of fused-ring (bicyclic) bond motifs is 1. The van der Waals surface area contributed by atoms with Gasteiger partial charge < -0.3 is 10.0 Å². The number of hydrogen-bond donors (Lipinski definition) is 1. The van der Waals surface area contributed by atoms with Crippen molar-refractivity contribution in [3.8, 4) is 0 Å². The maximum Gasteiger partial charge on any atom is 0.281 e. The van der Waals surface area contributed by atoms with Gasteiger partial charge in [0.25, 0.3) is 5.69 Å². The lowest BCUT2D eigenvalue weighted by Gasteiger charge is -2.20. The molecule has 0 amide bonds.